The van der Waals surface area contributed by atoms with Crippen molar-refractivity contribution in [1.29, 1.82) is 0 Å². The van der Waals surface area contributed by atoms with Crippen LogP contribution in [-0.2, 0) is 14.8 Å². The van der Waals surface area contributed by atoms with Crippen LogP contribution < -0.4 is 0 Å². The van der Waals surface area contributed by atoms with E-state index in [1.807, 2.05) is 6.92 Å². The molecule has 26 heavy (non-hydrogen) atoms. The Hall–Kier alpha value is -1.15. The van der Waals surface area contributed by atoms with Gasteiger partial charge in [0.15, 0.2) is 0 Å². The second-order valence-corrected chi connectivity index (χ2v) is 9.21. The number of morpholine rings is 1. The van der Waals surface area contributed by atoms with Gasteiger partial charge in [0.25, 0.3) is 5.91 Å². The zero-order valence-corrected chi connectivity index (χ0v) is 16.6. The van der Waals surface area contributed by atoms with Gasteiger partial charge in [0, 0.05) is 31.7 Å². The molecule has 0 aromatic heterocycles. The SMILES string of the molecule is CC1CN(C(=O)c2ccc(Cl)c(S(=O)(=O)N3CCCCCC3)c2)CCO1. The van der Waals surface area contributed by atoms with Crippen molar-refractivity contribution in [3.05, 3.63) is 28.8 Å². The summed E-state index contributed by atoms with van der Waals surface area (Å²) in [7, 11) is -3.71. The third-order valence-electron chi connectivity index (χ3n) is 4.89. The van der Waals surface area contributed by atoms with Crippen molar-refractivity contribution in [3.63, 3.8) is 0 Å². The molecule has 2 fully saturated rings. The third-order valence-corrected chi connectivity index (χ3v) is 7.27. The van der Waals surface area contributed by atoms with E-state index in [1.54, 1.807) is 11.0 Å². The minimum absolute atomic E-state index is 0.0215. The van der Waals surface area contributed by atoms with E-state index in [2.05, 4.69) is 0 Å². The molecule has 0 N–H and O–H groups in total. The summed E-state index contributed by atoms with van der Waals surface area (Å²) in [4.78, 5) is 14.5. The molecule has 0 spiro atoms. The van der Waals surface area contributed by atoms with Crippen LogP contribution in [0.15, 0.2) is 23.1 Å². The lowest BCUT2D eigenvalue weighted by Crippen LogP contribution is -2.44. The molecule has 144 valence electrons. The molecule has 0 aliphatic carbocycles. The van der Waals surface area contributed by atoms with Crippen LogP contribution in [0.3, 0.4) is 0 Å². The Morgan fingerprint density at radius 3 is 2.50 bits per heavy atom. The van der Waals surface area contributed by atoms with Gasteiger partial charge in [0.2, 0.25) is 10.0 Å². The van der Waals surface area contributed by atoms with Crippen LogP contribution in [0.25, 0.3) is 0 Å². The van der Waals surface area contributed by atoms with Gasteiger partial charge in [-0.2, -0.15) is 4.31 Å². The van der Waals surface area contributed by atoms with Crippen molar-refractivity contribution in [1.82, 2.24) is 9.21 Å². The Labute approximate surface area is 160 Å². The molecular weight excluding hydrogens is 376 g/mol. The van der Waals surface area contributed by atoms with E-state index in [9.17, 15) is 13.2 Å². The predicted octanol–water partition coefficient (Wildman–Crippen LogP) is 2.77. The van der Waals surface area contributed by atoms with Crippen molar-refractivity contribution in [2.75, 3.05) is 32.8 Å². The number of hydrogen-bond donors (Lipinski definition) is 0. The second kappa shape index (κ2) is 8.25. The van der Waals surface area contributed by atoms with E-state index in [4.69, 9.17) is 16.3 Å². The molecule has 1 unspecified atom stereocenters. The summed E-state index contributed by atoms with van der Waals surface area (Å²) in [5, 5.41) is 0.154. The van der Waals surface area contributed by atoms with Gasteiger partial charge in [-0.05, 0) is 38.0 Å². The van der Waals surface area contributed by atoms with Crippen LogP contribution in [0.5, 0.6) is 0 Å². The van der Waals surface area contributed by atoms with E-state index < -0.39 is 10.0 Å². The fourth-order valence-electron chi connectivity index (χ4n) is 3.44. The number of carbonyl (C=O) groups excluding carboxylic acids is 1. The summed E-state index contributed by atoms with van der Waals surface area (Å²) >= 11 is 6.20. The summed E-state index contributed by atoms with van der Waals surface area (Å²) in [5.41, 5.74) is 0.344. The van der Waals surface area contributed by atoms with Crippen molar-refractivity contribution in [3.8, 4) is 0 Å². The van der Waals surface area contributed by atoms with Crippen LogP contribution in [0.2, 0.25) is 5.02 Å². The minimum atomic E-state index is -3.71. The monoisotopic (exact) mass is 400 g/mol. The van der Waals surface area contributed by atoms with Gasteiger partial charge in [-0.25, -0.2) is 8.42 Å². The van der Waals surface area contributed by atoms with Gasteiger partial charge in [0.1, 0.15) is 4.90 Å². The molecule has 0 saturated carbocycles. The molecule has 1 aromatic carbocycles. The highest BCUT2D eigenvalue weighted by molar-refractivity contribution is 7.89. The standard InChI is InChI=1S/C18H25ClN2O4S/c1-14-13-20(10-11-25-14)18(22)15-6-7-16(19)17(12-15)26(23,24)21-8-4-2-3-5-9-21/h6-7,12,14H,2-5,8-11,13H2,1H3. The Kier molecular flexibility index (Phi) is 6.22. The van der Waals surface area contributed by atoms with E-state index in [0.29, 0.717) is 38.3 Å². The first-order chi connectivity index (χ1) is 12.4. The van der Waals surface area contributed by atoms with Crippen LogP contribution >= 0.6 is 11.6 Å². The molecule has 1 aromatic rings. The van der Waals surface area contributed by atoms with E-state index >= 15 is 0 Å². The van der Waals surface area contributed by atoms with E-state index in [-0.39, 0.29) is 21.9 Å². The second-order valence-electron chi connectivity index (χ2n) is 6.90. The van der Waals surface area contributed by atoms with E-state index in [1.165, 1.54) is 16.4 Å². The van der Waals surface area contributed by atoms with Crippen LogP contribution in [0, 0.1) is 0 Å². The highest BCUT2D eigenvalue weighted by Gasteiger charge is 2.29. The first-order valence-corrected chi connectivity index (χ1v) is 10.9. The fraction of sp³-hybridized carbons (Fsp3) is 0.611. The average molecular weight is 401 g/mol. The van der Waals surface area contributed by atoms with Crippen molar-refractivity contribution < 1.29 is 17.9 Å². The molecule has 1 amide bonds. The predicted molar refractivity (Wildman–Crippen MR) is 100.0 cm³/mol. The average Bonchev–Trinajstić information content (AvgIpc) is 2.91. The molecule has 3 rings (SSSR count). The number of amides is 1. The lowest BCUT2D eigenvalue weighted by atomic mass is 10.2. The zero-order chi connectivity index (χ0) is 18.7. The first-order valence-electron chi connectivity index (χ1n) is 9.10. The van der Waals surface area contributed by atoms with E-state index in [0.717, 1.165) is 25.7 Å². The van der Waals surface area contributed by atoms with Gasteiger partial charge < -0.3 is 9.64 Å². The van der Waals surface area contributed by atoms with Crippen molar-refractivity contribution >= 4 is 27.5 Å². The first kappa shape index (κ1) is 19.6. The molecule has 0 radical (unpaired) electrons. The topological polar surface area (TPSA) is 66.9 Å². The molecular formula is C18H25ClN2O4S. The summed E-state index contributed by atoms with van der Waals surface area (Å²) in [5.74, 6) is -0.191. The molecule has 2 aliphatic heterocycles. The Morgan fingerprint density at radius 2 is 1.85 bits per heavy atom. The quantitative estimate of drug-likeness (QED) is 0.782. The smallest absolute Gasteiger partial charge is 0.254 e. The summed E-state index contributed by atoms with van der Waals surface area (Å²) in [6, 6.07) is 4.51. The van der Waals surface area contributed by atoms with Crippen LogP contribution in [0.4, 0.5) is 0 Å². The molecule has 2 aliphatic rings. The number of carbonyl (C=O) groups is 1. The van der Waals surface area contributed by atoms with Gasteiger partial charge >= 0.3 is 0 Å². The third kappa shape index (κ3) is 4.22. The largest absolute Gasteiger partial charge is 0.375 e. The maximum atomic E-state index is 13.1. The summed E-state index contributed by atoms with van der Waals surface area (Å²) in [6.07, 6.45) is 3.74. The van der Waals surface area contributed by atoms with Crippen LogP contribution in [-0.4, -0.2) is 62.4 Å². The molecule has 0 bridgehead atoms. The summed E-state index contributed by atoms with van der Waals surface area (Å²) < 4.78 is 33.1. The number of benzene rings is 1. The molecule has 2 saturated heterocycles. The molecule has 1 atom stereocenters. The number of halogens is 1. The minimum Gasteiger partial charge on any atom is -0.375 e. The maximum Gasteiger partial charge on any atom is 0.254 e. The fourth-order valence-corrected chi connectivity index (χ4v) is 5.46. The van der Waals surface area contributed by atoms with Gasteiger partial charge in [-0.15, -0.1) is 0 Å². The number of hydrogen-bond acceptors (Lipinski definition) is 4. The number of ether oxygens (including phenoxy) is 1. The van der Waals surface area contributed by atoms with Crippen molar-refractivity contribution in [2.45, 2.75) is 43.6 Å². The lowest BCUT2D eigenvalue weighted by Gasteiger charge is -2.31. The number of sulfonamides is 1. The van der Waals surface area contributed by atoms with Gasteiger partial charge in [0.05, 0.1) is 17.7 Å². The van der Waals surface area contributed by atoms with Gasteiger partial charge in [-0.1, -0.05) is 24.4 Å². The maximum absolute atomic E-state index is 13.1. The lowest BCUT2D eigenvalue weighted by molar-refractivity contribution is -0.0124. The van der Waals surface area contributed by atoms with Gasteiger partial charge in [-0.3, -0.25) is 4.79 Å². The zero-order valence-electron chi connectivity index (χ0n) is 15.0. The molecule has 8 heteroatoms. The Bertz CT molecular complexity index is 760. The highest BCUT2D eigenvalue weighted by atomic mass is 35.5. The molecule has 6 nitrogen and oxygen atoms in total. The highest BCUT2D eigenvalue weighted by Crippen LogP contribution is 2.28. The number of nitrogens with zero attached hydrogens (tertiary/aromatic N) is 2. The molecule has 2 heterocycles. The Morgan fingerprint density at radius 1 is 1.15 bits per heavy atom. The normalized spacial score (nSPS) is 22.8. The van der Waals surface area contributed by atoms with Crippen molar-refractivity contribution in [2.24, 2.45) is 0 Å². The number of rotatable bonds is 3. The Balaban J connectivity index is 1.88. The summed E-state index contributed by atoms with van der Waals surface area (Å²) in [6.45, 7) is 4.39. The van der Waals surface area contributed by atoms with Crippen LogP contribution in [0.1, 0.15) is 43.0 Å².